The summed E-state index contributed by atoms with van der Waals surface area (Å²) >= 11 is 0. The van der Waals surface area contributed by atoms with Gasteiger partial charge in [0.2, 0.25) is 0 Å². The summed E-state index contributed by atoms with van der Waals surface area (Å²) in [6.45, 7) is 2.12. The highest BCUT2D eigenvalue weighted by atomic mass is 16.5. The number of hydrogen-bond acceptors (Lipinski definition) is 5. The number of hydrazine groups is 1. The third-order valence-corrected chi connectivity index (χ3v) is 3.52. The lowest BCUT2D eigenvalue weighted by Gasteiger charge is -2.06. The van der Waals surface area contributed by atoms with Crippen molar-refractivity contribution in [2.45, 2.75) is 19.8 Å². The minimum Gasteiger partial charge on any atom is -0.496 e. The number of rotatable bonds is 5. The summed E-state index contributed by atoms with van der Waals surface area (Å²) in [5.74, 6) is 7.12. The molecule has 0 aliphatic carbocycles. The highest BCUT2D eigenvalue weighted by molar-refractivity contribution is 5.71. The molecule has 0 spiro atoms. The van der Waals surface area contributed by atoms with Crippen molar-refractivity contribution in [1.29, 1.82) is 0 Å². The van der Waals surface area contributed by atoms with Crippen LogP contribution in [-0.4, -0.2) is 21.7 Å². The van der Waals surface area contributed by atoms with Crippen molar-refractivity contribution in [3.05, 3.63) is 42.1 Å². The maximum Gasteiger partial charge on any atom is 0.158 e. The van der Waals surface area contributed by atoms with E-state index in [1.54, 1.807) is 11.6 Å². The lowest BCUT2D eigenvalue weighted by atomic mass is 10.1. The SMILES string of the molecule is CCCc1cc(NN)n2nc(-c3ccccc3OC)cc2n1. The van der Waals surface area contributed by atoms with Gasteiger partial charge in [0.05, 0.1) is 12.8 Å². The van der Waals surface area contributed by atoms with E-state index in [9.17, 15) is 0 Å². The van der Waals surface area contributed by atoms with Crippen molar-refractivity contribution in [3.63, 3.8) is 0 Å². The van der Waals surface area contributed by atoms with Gasteiger partial charge in [-0.25, -0.2) is 10.8 Å². The summed E-state index contributed by atoms with van der Waals surface area (Å²) in [7, 11) is 1.65. The molecule has 2 aromatic heterocycles. The van der Waals surface area contributed by atoms with Crippen molar-refractivity contribution in [2.24, 2.45) is 5.84 Å². The molecule has 0 bridgehead atoms. The van der Waals surface area contributed by atoms with Crippen LogP contribution in [0.3, 0.4) is 0 Å². The third-order valence-electron chi connectivity index (χ3n) is 3.52. The molecule has 0 saturated carbocycles. The summed E-state index contributed by atoms with van der Waals surface area (Å²) in [5.41, 5.74) is 6.18. The van der Waals surface area contributed by atoms with Crippen molar-refractivity contribution >= 4 is 11.5 Å². The Morgan fingerprint density at radius 2 is 2.09 bits per heavy atom. The molecule has 22 heavy (non-hydrogen) atoms. The van der Waals surface area contributed by atoms with E-state index in [1.165, 1.54) is 0 Å². The Bertz CT molecular complexity index is 796. The van der Waals surface area contributed by atoms with Crippen LogP contribution >= 0.6 is 0 Å². The number of nitrogens with one attached hydrogen (secondary N) is 1. The first-order valence-electron chi connectivity index (χ1n) is 7.26. The van der Waals surface area contributed by atoms with Crippen LogP contribution in [0.25, 0.3) is 16.9 Å². The molecule has 2 heterocycles. The molecule has 114 valence electrons. The van der Waals surface area contributed by atoms with E-state index in [0.717, 1.165) is 47.0 Å². The van der Waals surface area contributed by atoms with E-state index in [4.69, 9.17) is 10.6 Å². The van der Waals surface area contributed by atoms with E-state index in [2.05, 4.69) is 22.4 Å². The number of fused-ring (bicyclic) bond motifs is 1. The lowest BCUT2D eigenvalue weighted by molar-refractivity contribution is 0.416. The Kier molecular flexibility index (Phi) is 3.93. The zero-order chi connectivity index (χ0) is 15.5. The molecule has 0 aliphatic rings. The van der Waals surface area contributed by atoms with Gasteiger partial charge in [0.25, 0.3) is 0 Å². The maximum absolute atomic E-state index is 5.62. The van der Waals surface area contributed by atoms with Gasteiger partial charge < -0.3 is 10.2 Å². The Balaban J connectivity index is 2.16. The Labute approximate surface area is 128 Å². The molecule has 0 atom stereocenters. The number of para-hydroxylation sites is 1. The monoisotopic (exact) mass is 297 g/mol. The van der Waals surface area contributed by atoms with Crippen LogP contribution in [0.5, 0.6) is 5.75 Å². The minimum atomic E-state index is 0.717. The van der Waals surface area contributed by atoms with Gasteiger partial charge in [-0.05, 0) is 18.6 Å². The fourth-order valence-corrected chi connectivity index (χ4v) is 2.50. The molecule has 0 saturated heterocycles. The number of aromatic nitrogens is 3. The summed E-state index contributed by atoms with van der Waals surface area (Å²) in [6, 6.07) is 11.6. The van der Waals surface area contributed by atoms with Gasteiger partial charge in [-0.2, -0.15) is 9.61 Å². The third kappa shape index (κ3) is 2.48. The molecule has 3 rings (SSSR count). The van der Waals surface area contributed by atoms with Crippen molar-refractivity contribution in [1.82, 2.24) is 14.6 Å². The summed E-state index contributed by atoms with van der Waals surface area (Å²) < 4.78 is 7.11. The van der Waals surface area contributed by atoms with Crippen molar-refractivity contribution in [3.8, 4) is 17.0 Å². The Morgan fingerprint density at radius 1 is 1.27 bits per heavy atom. The van der Waals surface area contributed by atoms with Gasteiger partial charge in [0.1, 0.15) is 11.6 Å². The van der Waals surface area contributed by atoms with Crippen LogP contribution in [-0.2, 0) is 6.42 Å². The number of benzene rings is 1. The molecule has 0 aliphatic heterocycles. The predicted octanol–water partition coefficient (Wildman–Crippen LogP) is 2.64. The highest BCUT2D eigenvalue weighted by Crippen LogP contribution is 2.29. The maximum atomic E-state index is 5.62. The normalized spacial score (nSPS) is 10.9. The summed E-state index contributed by atoms with van der Waals surface area (Å²) in [4.78, 5) is 4.64. The van der Waals surface area contributed by atoms with E-state index in [1.807, 2.05) is 36.4 Å². The second kappa shape index (κ2) is 6.03. The number of nitrogens with zero attached hydrogens (tertiary/aromatic N) is 3. The zero-order valence-electron chi connectivity index (χ0n) is 12.7. The quantitative estimate of drug-likeness (QED) is 0.559. The number of hydrogen-bond donors (Lipinski definition) is 2. The molecule has 6 heteroatoms. The van der Waals surface area contributed by atoms with Gasteiger partial charge in [-0.1, -0.05) is 25.5 Å². The van der Waals surface area contributed by atoms with Gasteiger partial charge in [-0.3, -0.25) is 0 Å². The first-order chi connectivity index (χ1) is 10.8. The van der Waals surface area contributed by atoms with E-state index in [-0.39, 0.29) is 0 Å². The molecule has 6 nitrogen and oxygen atoms in total. The van der Waals surface area contributed by atoms with Crippen LogP contribution in [0.1, 0.15) is 19.0 Å². The van der Waals surface area contributed by atoms with Crippen molar-refractivity contribution in [2.75, 3.05) is 12.5 Å². The summed E-state index contributed by atoms with van der Waals surface area (Å²) in [6.07, 6.45) is 1.93. The van der Waals surface area contributed by atoms with Gasteiger partial charge in [0.15, 0.2) is 5.65 Å². The second-order valence-corrected chi connectivity index (χ2v) is 5.03. The van der Waals surface area contributed by atoms with Crippen molar-refractivity contribution < 1.29 is 4.74 Å². The van der Waals surface area contributed by atoms with E-state index >= 15 is 0 Å². The molecular weight excluding hydrogens is 278 g/mol. The molecule has 3 N–H and O–H groups in total. The van der Waals surface area contributed by atoms with Crippen LogP contribution in [0.15, 0.2) is 36.4 Å². The molecule has 3 aromatic rings. The fourth-order valence-electron chi connectivity index (χ4n) is 2.50. The van der Waals surface area contributed by atoms with Gasteiger partial charge >= 0.3 is 0 Å². The van der Waals surface area contributed by atoms with Crippen LogP contribution in [0.4, 0.5) is 5.82 Å². The number of methoxy groups -OCH3 is 1. The van der Waals surface area contributed by atoms with E-state index < -0.39 is 0 Å². The average Bonchev–Trinajstić information content (AvgIpc) is 2.98. The van der Waals surface area contributed by atoms with Crippen LogP contribution in [0.2, 0.25) is 0 Å². The molecule has 1 aromatic carbocycles. The number of nitrogen functional groups attached to an aromatic ring is 1. The van der Waals surface area contributed by atoms with Gasteiger partial charge in [0, 0.05) is 23.4 Å². The van der Waals surface area contributed by atoms with E-state index in [0.29, 0.717) is 0 Å². The molecule has 0 fully saturated rings. The van der Waals surface area contributed by atoms with Crippen LogP contribution in [0, 0.1) is 0 Å². The zero-order valence-corrected chi connectivity index (χ0v) is 12.7. The number of anilines is 1. The first kappa shape index (κ1) is 14.3. The second-order valence-electron chi connectivity index (χ2n) is 5.03. The number of nitrogens with two attached hydrogens (primary N) is 1. The largest absolute Gasteiger partial charge is 0.496 e. The molecule has 0 amide bonds. The smallest absolute Gasteiger partial charge is 0.158 e. The standard InChI is InChI=1S/C16H19N5O/c1-3-6-11-9-16(19-17)21-15(18-11)10-13(20-21)12-7-4-5-8-14(12)22-2/h4-5,7-10,19H,3,6,17H2,1-2H3. The molecule has 0 unspecified atom stereocenters. The Hall–Kier alpha value is -2.60. The summed E-state index contributed by atoms with van der Waals surface area (Å²) in [5, 5.41) is 4.60. The first-order valence-corrected chi connectivity index (χ1v) is 7.26. The average molecular weight is 297 g/mol. The number of aryl methyl sites for hydroxylation is 1. The van der Waals surface area contributed by atoms with Gasteiger partial charge in [-0.15, -0.1) is 0 Å². The Morgan fingerprint density at radius 3 is 2.82 bits per heavy atom. The predicted molar refractivity (Wildman–Crippen MR) is 86.8 cm³/mol. The molecule has 0 radical (unpaired) electrons. The molecular formula is C16H19N5O. The highest BCUT2D eigenvalue weighted by Gasteiger charge is 2.13. The lowest BCUT2D eigenvalue weighted by Crippen LogP contribution is -2.13. The minimum absolute atomic E-state index is 0.717. The topological polar surface area (TPSA) is 77.5 Å². The number of ether oxygens (including phenoxy) is 1. The van der Waals surface area contributed by atoms with Crippen LogP contribution < -0.4 is 16.0 Å². The fraction of sp³-hybridized carbons (Fsp3) is 0.250.